The highest BCUT2D eigenvalue weighted by atomic mass is 16.5. The van der Waals surface area contributed by atoms with Crippen LogP contribution in [0, 0.1) is 0 Å². The van der Waals surface area contributed by atoms with E-state index in [0.717, 1.165) is 47.1 Å². The summed E-state index contributed by atoms with van der Waals surface area (Å²) in [4.78, 5) is 14.5. The number of furan rings is 1. The topological polar surface area (TPSA) is 42.7 Å². The lowest BCUT2D eigenvalue weighted by molar-refractivity contribution is -0.130. The van der Waals surface area contributed by atoms with Crippen LogP contribution in [0.5, 0.6) is 0 Å². The molecule has 0 aliphatic carbocycles. The fourth-order valence-electron chi connectivity index (χ4n) is 3.09. The van der Waals surface area contributed by atoms with Crippen molar-refractivity contribution in [3.8, 4) is 0 Å². The molecule has 2 aromatic rings. The summed E-state index contributed by atoms with van der Waals surface area (Å²) in [6.07, 6.45) is 5.09. The lowest BCUT2D eigenvalue weighted by atomic mass is 10.0. The fourth-order valence-corrected chi connectivity index (χ4v) is 3.09. The van der Waals surface area contributed by atoms with Gasteiger partial charge in [0.2, 0.25) is 5.91 Å². The first-order chi connectivity index (χ1) is 11.7. The fraction of sp³-hybridized carbons (Fsp3) is 0.450. The molecule has 0 saturated carbocycles. The average Bonchev–Trinajstić information content (AvgIpc) is 2.97. The van der Waals surface area contributed by atoms with Gasteiger partial charge in [0.1, 0.15) is 11.3 Å². The van der Waals surface area contributed by atoms with Gasteiger partial charge in [0.15, 0.2) is 0 Å². The summed E-state index contributed by atoms with van der Waals surface area (Å²) in [5, 5.41) is 1.08. The number of morpholine rings is 1. The Morgan fingerprint density at radius 1 is 1.25 bits per heavy atom. The highest BCUT2D eigenvalue weighted by Gasteiger charge is 2.19. The van der Waals surface area contributed by atoms with Crippen LogP contribution in [0.3, 0.4) is 0 Å². The molecule has 24 heavy (non-hydrogen) atoms. The van der Waals surface area contributed by atoms with Gasteiger partial charge in [0, 0.05) is 36.0 Å². The summed E-state index contributed by atoms with van der Waals surface area (Å²) in [5.41, 5.74) is 2.70. The summed E-state index contributed by atoms with van der Waals surface area (Å²) >= 11 is 0. The molecule has 0 N–H and O–H groups in total. The number of aryl methyl sites for hydroxylation is 1. The van der Waals surface area contributed by atoms with E-state index in [1.807, 2.05) is 36.1 Å². The number of carbonyl (C=O) groups is 1. The van der Waals surface area contributed by atoms with E-state index in [1.54, 1.807) is 0 Å². The maximum absolute atomic E-state index is 12.7. The Bertz CT molecular complexity index is 738. The predicted octanol–water partition coefficient (Wildman–Crippen LogP) is 4.04. The van der Waals surface area contributed by atoms with Gasteiger partial charge in [-0.25, -0.2) is 0 Å². The molecule has 0 unspecified atom stereocenters. The van der Waals surface area contributed by atoms with Gasteiger partial charge in [-0.05, 0) is 25.5 Å². The molecule has 1 aromatic heterocycles. The molecule has 2 heterocycles. The minimum atomic E-state index is 0.0880. The van der Waals surface area contributed by atoms with Gasteiger partial charge in [-0.2, -0.15) is 0 Å². The number of rotatable bonds is 5. The number of hydrogen-bond acceptors (Lipinski definition) is 3. The first-order valence-electron chi connectivity index (χ1n) is 8.76. The quantitative estimate of drug-likeness (QED) is 0.779. The second kappa shape index (κ2) is 7.67. The van der Waals surface area contributed by atoms with E-state index in [1.165, 1.54) is 0 Å². The molecule has 0 bridgehead atoms. The monoisotopic (exact) mass is 327 g/mol. The largest absolute Gasteiger partial charge is 0.460 e. The Morgan fingerprint density at radius 2 is 2.00 bits per heavy atom. The highest BCUT2D eigenvalue weighted by Crippen LogP contribution is 2.29. The molecular formula is C20H25NO3. The lowest BCUT2D eigenvalue weighted by Crippen LogP contribution is -2.41. The van der Waals surface area contributed by atoms with E-state index in [9.17, 15) is 4.79 Å². The average molecular weight is 327 g/mol. The minimum absolute atomic E-state index is 0.0880. The number of amides is 1. The van der Waals surface area contributed by atoms with Crippen LogP contribution in [-0.4, -0.2) is 37.1 Å². The molecule has 1 amide bonds. The van der Waals surface area contributed by atoms with E-state index in [-0.39, 0.29) is 5.91 Å². The van der Waals surface area contributed by atoms with Crippen LogP contribution >= 0.6 is 0 Å². The van der Waals surface area contributed by atoms with Crippen molar-refractivity contribution in [2.24, 2.45) is 0 Å². The molecule has 1 aliphatic rings. The third kappa shape index (κ3) is 3.54. The molecule has 1 fully saturated rings. The van der Waals surface area contributed by atoms with Gasteiger partial charge >= 0.3 is 0 Å². The third-order valence-electron chi connectivity index (χ3n) is 4.46. The normalized spacial score (nSPS) is 15.9. The number of benzene rings is 1. The Hall–Kier alpha value is -2.07. The van der Waals surface area contributed by atoms with Crippen LogP contribution in [0.2, 0.25) is 0 Å². The highest BCUT2D eigenvalue weighted by molar-refractivity contribution is 6.00. The molecule has 1 aromatic carbocycles. The number of ether oxygens (including phenoxy) is 1. The van der Waals surface area contributed by atoms with Crippen molar-refractivity contribution in [2.75, 3.05) is 26.3 Å². The van der Waals surface area contributed by atoms with E-state index in [0.29, 0.717) is 26.3 Å². The minimum Gasteiger partial charge on any atom is -0.460 e. The van der Waals surface area contributed by atoms with Crippen molar-refractivity contribution in [2.45, 2.75) is 33.1 Å². The Balaban J connectivity index is 1.92. The standard InChI is InChI=1S/C20H25NO3/c1-3-4-8-19-17(16-7-5-6-9-18(16)24-19)14-15(2)20(22)21-10-12-23-13-11-21/h5-7,9,14H,3-4,8,10-13H2,1-2H3. The van der Waals surface area contributed by atoms with Gasteiger partial charge in [-0.15, -0.1) is 0 Å². The first kappa shape index (κ1) is 16.8. The number of nitrogens with zero attached hydrogens (tertiary/aromatic N) is 1. The van der Waals surface area contributed by atoms with Crippen LogP contribution in [0.4, 0.5) is 0 Å². The summed E-state index contributed by atoms with van der Waals surface area (Å²) in [7, 11) is 0. The lowest BCUT2D eigenvalue weighted by Gasteiger charge is -2.27. The Kier molecular flexibility index (Phi) is 5.36. The van der Waals surface area contributed by atoms with E-state index < -0.39 is 0 Å². The van der Waals surface area contributed by atoms with Crippen molar-refractivity contribution in [3.63, 3.8) is 0 Å². The number of para-hydroxylation sites is 1. The van der Waals surface area contributed by atoms with Crippen molar-refractivity contribution >= 4 is 23.0 Å². The molecule has 4 heteroatoms. The molecule has 0 radical (unpaired) electrons. The summed E-state index contributed by atoms with van der Waals surface area (Å²) in [6.45, 7) is 6.64. The van der Waals surface area contributed by atoms with Crippen molar-refractivity contribution < 1.29 is 13.9 Å². The second-order valence-electron chi connectivity index (χ2n) is 6.27. The van der Waals surface area contributed by atoms with Gasteiger partial charge in [0.25, 0.3) is 0 Å². The van der Waals surface area contributed by atoms with Crippen LogP contribution in [0.25, 0.3) is 17.0 Å². The number of carbonyl (C=O) groups excluding carboxylic acids is 1. The van der Waals surface area contributed by atoms with Crippen LogP contribution in [0.1, 0.15) is 38.0 Å². The van der Waals surface area contributed by atoms with E-state index in [4.69, 9.17) is 9.15 Å². The SMILES string of the molecule is CCCCc1oc2ccccc2c1C=C(C)C(=O)N1CCOCC1. The van der Waals surface area contributed by atoms with E-state index >= 15 is 0 Å². The van der Waals surface area contributed by atoms with Crippen LogP contribution < -0.4 is 0 Å². The van der Waals surface area contributed by atoms with Crippen molar-refractivity contribution in [1.29, 1.82) is 0 Å². The number of fused-ring (bicyclic) bond motifs is 1. The van der Waals surface area contributed by atoms with Gasteiger partial charge in [0.05, 0.1) is 13.2 Å². The van der Waals surface area contributed by atoms with E-state index in [2.05, 4.69) is 13.0 Å². The predicted molar refractivity (Wildman–Crippen MR) is 95.9 cm³/mol. The van der Waals surface area contributed by atoms with Crippen molar-refractivity contribution in [1.82, 2.24) is 4.90 Å². The van der Waals surface area contributed by atoms with Crippen LogP contribution in [0.15, 0.2) is 34.3 Å². The maximum Gasteiger partial charge on any atom is 0.249 e. The summed E-state index contributed by atoms with van der Waals surface area (Å²) in [6, 6.07) is 8.04. The molecular weight excluding hydrogens is 302 g/mol. The second-order valence-corrected chi connectivity index (χ2v) is 6.27. The molecule has 0 atom stereocenters. The zero-order valence-electron chi connectivity index (χ0n) is 14.5. The molecule has 128 valence electrons. The summed E-state index contributed by atoms with van der Waals surface area (Å²) < 4.78 is 11.4. The van der Waals surface area contributed by atoms with Gasteiger partial charge < -0.3 is 14.1 Å². The van der Waals surface area contributed by atoms with Gasteiger partial charge in [-0.1, -0.05) is 31.5 Å². The maximum atomic E-state index is 12.7. The smallest absolute Gasteiger partial charge is 0.249 e. The molecule has 3 rings (SSSR count). The van der Waals surface area contributed by atoms with Gasteiger partial charge in [-0.3, -0.25) is 4.79 Å². The summed E-state index contributed by atoms with van der Waals surface area (Å²) in [5.74, 6) is 1.07. The number of hydrogen-bond donors (Lipinski definition) is 0. The third-order valence-corrected chi connectivity index (χ3v) is 4.46. The van der Waals surface area contributed by atoms with Crippen LogP contribution in [-0.2, 0) is 16.0 Å². The zero-order chi connectivity index (χ0) is 16.9. The Morgan fingerprint density at radius 3 is 2.75 bits per heavy atom. The Labute approximate surface area is 143 Å². The first-order valence-corrected chi connectivity index (χ1v) is 8.76. The van der Waals surface area contributed by atoms with Crippen molar-refractivity contribution in [3.05, 3.63) is 41.2 Å². The molecule has 4 nitrogen and oxygen atoms in total. The molecule has 0 spiro atoms. The molecule has 1 aliphatic heterocycles. The molecule has 1 saturated heterocycles. The number of unbranched alkanes of at least 4 members (excludes halogenated alkanes) is 1. The zero-order valence-corrected chi connectivity index (χ0v) is 14.5.